The molecule has 0 saturated heterocycles. The van der Waals surface area contributed by atoms with Crippen molar-refractivity contribution >= 4 is 17.3 Å². The van der Waals surface area contributed by atoms with E-state index in [1.165, 1.54) is 0 Å². The Morgan fingerprint density at radius 3 is 2.88 bits per heavy atom. The van der Waals surface area contributed by atoms with Crippen LogP contribution in [0.1, 0.15) is 13.8 Å². The summed E-state index contributed by atoms with van der Waals surface area (Å²) in [5, 5.41) is 2.89. The molecule has 0 radical (unpaired) electrons. The SMILES string of the molecule is CCN1c2ccc(OC)cc2NC(=O)C1C. The fraction of sp³-hybridized carbons (Fsp3) is 0.417. The molecule has 0 aliphatic carbocycles. The fourth-order valence-electron chi connectivity index (χ4n) is 2.02. The largest absolute Gasteiger partial charge is 0.497 e. The molecule has 1 aromatic carbocycles. The molecule has 4 heteroatoms. The van der Waals surface area contributed by atoms with Crippen molar-refractivity contribution in [2.45, 2.75) is 19.9 Å². The number of rotatable bonds is 2. The van der Waals surface area contributed by atoms with E-state index in [1.807, 2.05) is 32.0 Å². The molecular weight excluding hydrogens is 204 g/mol. The molecule has 1 atom stereocenters. The summed E-state index contributed by atoms with van der Waals surface area (Å²) in [4.78, 5) is 13.8. The molecule has 0 bridgehead atoms. The quantitative estimate of drug-likeness (QED) is 0.827. The molecule has 2 rings (SSSR count). The predicted octanol–water partition coefficient (Wildman–Crippen LogP) is 1.86. The Balaban J connectivity index is 2.46. The van der Waals surface area contributed by atoms with Gasteiger partial charge < -0.3 is 15.0 Å². The van der Waals surface area contributed by atoms with Crippen molar-refractivity contribution in [1.82, 2.24) is 0 Å². The van der Waals surface area contributed by atoms with E-state index < -0.39 is 0 Å². The lowest BCUT2D eigenvalue weighted by atomic mass is 10.1. The smallest absolute Gasteiger partial charge is 0.246 e. The summed E-state index contributed by atoms with van der Waals surface area (Å²) < 4.78 is 5.14. The third kappa shape index (κ3) is 1.60. The van der Waals surface area contributed by atoms with Gasteiger partial charge in [-0.2, -0.15) is 0 Å². The average Bonchev–Trinajstić information content (AvgIpc) is 2.30. The molecule has 86 valence electrons. The van der Waals surface area contributed by atoms with Crippen molar-refractivity contribution in [3.8, 4) is 5.75 Å². The fourth-order valence-corrected chi connectivity index (χ4v) is 2.02. The normalized spacial score (nSPS) is 19.1. The maximum atomic E-state index is 11.7. The maximum Gasteiger partial charge on any atom is 0.246 e. The van der Waals surface area contributed by atoms with Crippen molar-refractivity contribution in [2.75, 3.05) is 23.9 Å². The highest BCUT2D eigenvalue weighted by Gasteiger charge is 2.28. The second-order valence-electron chi connectivity index (χ2n) is 3.83. The standard InChI is InChI=1S/C12H16N2O2/c1-4-14-8(2)12(15)13-10-7-9(16-3)5-6-11(10)14/h5-8H,4H2,1-3H3,(H,13,15). The molecule has 0 fully saturated rings. The van der Waals surface area contributed by atoms with Gasteiger partial charge in [-0.3, -0.25) is 4.79 Å². The highest BCUT2D eigenvalue weighted by atomic mass is 16.5. The highest BCUT2D eigenvalue weighted by molar-refractivity contribution is 6.03. The topological polar surface area (TPSA) is 41.6 Å². The summed E-state index contributed by atoms with van der Waals surface area (Å²) >= 11 is 0. The number of nitrogens with zero attached hydrogens (tertiary/aromatic N) is 1. The first kappa shape index (κ1) is 10.8. The van der Waals surface area contributed by atoms with E-state index in [9.17, 15) is 4.79 Å². The lowest BCUT2D eigenvalue weighted by Crippen LogP contribution is -2.46. The summed E-state index contributed by atoms with van der Waals surface area (Å²) in [7, 11) is 1.62. The molecule has 0 aromatic heterocycles. The van der Waals surface area contributed by atoms with E-state index in [2.05, 4.69) is 10.2 Å². The Hall–Kier alpha value is -1.71. The Morgan fingerprint density at radius 2 is 2.25 bits per heavy atom. The zero-order valence-corrected chi connectivity index (χ0v) is 9.78. The van der Waals surface area contributed by atoms with Crippen LogP contribution in [0.5, 0.6) is 5.75 Å². The number of methoxy groups -OCH3 is 1. The van der Waals surface area contributed by atoms with E-state index >= 15 is 0 Å². The van der Waals surface area contributed by atoms with Gasteiger partial charge >= 0.3 is 0 Å². The first-order chi connectivity index (χ1) is 7.67. The van der Waals surface area contributed by atoms with Gasteiger partial charge in [-0.1, -0.05) is 0 Å². The van der Waals surface area contributed by atoms with Crippen LogP contribution in [0.25, 0.3) is 0 Å². The molecular formula is C12H16N2O2. The monoisotopic (exact) mass is 220 g/mol. The number of hydrogen-bond donors (Lipinski definition) is 1. The van der Waals surface area contributed by atoms with E-state index in [-0.39, 0.29) is 11.9 Å². The number of likely N-dealkylation sites (N-methyl/N-ethyl adjacent to an activating group) is 1. The van der Waals surface area contributed by atoms with Gasteiger partial charge in [0, 0.05) is 12.6 Å². The third-order valence-electron chi connectivity index (χ3n) is 2.96. The summed E-state index contributed by atoms with van der Waals surface area (Å²) in [5.41, 5.74) is 1.87. The number of carbonyl (C=O) groups excluding carboxylic acids is 1. The van der Waals surface area contributed by atoms with Crippen molar-refractivity contribution in [2.24, 2.45) is 0 Å². The summed E-state index contributed by atoms with van der Waals surface area (Å²) in [5.74, 6) is 0.784. The summed E-state index contributed by atoms with van der Waals surface area (Å²) in [6.45, 7) is 4.77. The second kappa shape index (κ2) is 4.04. The van der Waals surface area contributed by atoms with Crippen LogP contribution < -0.4 is 15.0 Å². The van der Waals surface area contributed by atoms with Gasteiger partial charge in [0.2, 0.25) is 5.91 Å². The predicted molar refractivity (Wildman–Crippen MR) is 64.1 cm³/mol. The van der Waals surface area contributed by atoms with Crippen LogP contribution in [0.3, 0.4) is 0 Å². The molecule has 0 spiro atoms. The molecule has 16 heavy (non-hydrogen) atoms. The molecule has 1 amide bonds. The molecule has 4 nitrogen and oxygen atoms in total. The molecule has 1 heterocycles. The number of nitrogens with one attached hydrogen (secondary N) is 1. The number of ether oxygens (including phenoxy) is 1. The Labute approximate surface area is 95.2 Å². The van der Waals surface area contributed by atoms with E-state index in [1.54, 1.807) is 7.11 Å². The lowest BCUT2D eigenvalue weighted by Gasteiger charge is -2.35. The Kier molecular flexibility index (Phi) is 2.73. The molecule has 1 aromatic rings. The van der Waals surface area contributed by atoms with Crippen molar-refractivity contribution in [3.05, 3.63) is 18.2 Å². The number of amides is 1. The Morgan fingerprint density at radius 1 is 1.50 bits per heavy atom. The second-order valence-corrected chi connectivity index (χ2v) is 3.83. The van der Waals surface area contributed by atoms with Crippen molar-refractivity contribution in [3.63, 3.8) is 0 Å². The zero-order chi connectivity index (χ0) is 11.7. The first-order valence-corrected chi connectivity index (χ1v) is 5.43. The van der Waals surface area contributed by atoms with Crippen LogP contribution >= 0.6 is 0 Å². The maximum absolute atomic E-state index is 11.7. The number of benzene rings is 1. The number of carbonyl (C=O) groups is 1. The van der Waals surface area contributed by atoms with E-state index in [4.69, 9.17) is 4.74 Å². The highest BCUT2D eigenvalue weighted by Crippen LogP contribution is 2.34. The molecule has 1 unspecified atom stereocenters. The van der Waals surface area contributed by atoms with Crippen LogP contribution in [-0.2, 0) is 4.79 Å². The molecule has 1 aliphatic rings. The van der Waals surface area contributed by atoms with Gasteiger partial charge in [0.1, 0.15) is 11.8 Å². The minimum Gasteiger partial charge on any atom is -0.497 e. The first-order valence-electron chi connectivity index (χ1n) is 5.43. The number of fused-ring (bicyclic) bond motifs is 1. The third-order valence-corrected chi connectivity index (χ3v) is 2.96. The van der Waals surface area contributed by atoms with Gasteiger partial charge in [0.15, 0.2) is 0 Å². The van der Waals surface area contributed by atoms with Gasteiger partial charge in [0.25, 0.3) is 0 Å². The minimum absolute atomic E-state index is 0.0302. The van der Waals surface area contributed by atoms with Gasteiger partial charge in [-0.05, 0) is 26.0 Å². The summed E-state index contributed by atoms with van der Waals surface area (Å²) in [6.07, 6.45) is 0. The van der Waals surface area contributed by atoms with E-state index in [0.717, 1.165) is 23.7 Å². The van der Waals surface area contributed by atoms with Crippen LogP contribution in [0.4, 0.5) is 11.4 Å². The van der Waals surface area contributed by atoms with Gasteiger partial charge in [-0.15, -0.1) is 0 Å². The van der Waals surface area contributed by atoms with E-state index in [0.29, 0.717) is 0 Å². The minimum atomic E-state index is -0.120. The lowest BCUT2D eigenvalue weighted by molar-refractivity contribution is -0.117. The number of hydrogen-bond acceptors (Lipinski definition) is 3. The van der Waals surface area contributed by atoms with Crippen molar-refractivity contribution in [1.29, 1.82) is 0 Å². The number of anilines is 2. The molecule has 1 N–H and O–H groups in total. The Bertz CT molecular complexity index is 417. The average molecular weight is 220 g/mol. The van der Waals surface area contributed by atoms with Gasteiger partial charge in [0.05, 0.1) is 18.5 Å². The summed E-state index contributed by atoms with van der Waals surface area (Å²) in [6, 6.07) is 5.62. The molecule has 1 aliphatic heterocycles. The van der Waals surface area contributed by atoms with Crippen LogP contribution in [0.15, 0.2) is 18.2 Å². The van der Waals surface area contributed by atoms with Crippen molar-refractivity contribution < 1.29 is 9.53 Å². The van der Waals surface area contributed by atoms with Crippen LogP contribution in [0.2, 0.25) is 0 Å². The van der Waals surface area contributed by atoms with Crippen LogP contribution in [0, 0.1) is 0 Å². The zero-order valence-electron chi connectivity index (χ0n) is 9.78. The van der Waals surface area contributed by atoms with Crippen LogP contribution in [-0.4, -0.2) is 25.6 Å². The van der Waals surface area contributed by atoms with Gasteiger partial charge in [-0.25, -0.2) is 0 Å². The molecule has 0 saturated carbocycles.